The molecule has 0 aromatic heterocycles. The number of benzene rings is 2. The molecule has 2 aromatic rings. The van der Waals surface area contributed by atoms with E-state index in [1.54, 1.807) is 37.3 Å². The third-order valence-electron chi connectivity index (χ3n) is 4.95. The maximum atomic E-state index is 12.8. The highest BCUT2D eigenvalue weighted by Crippen LogP contribution is 2.28. The molecule has 3 rings (SSSR count). The number of rotatable bonds is 4. The number of methoxy groups -OCH3 is 2. The molecule has 0 saturated carbocycles. The van der Waals surface area contributed by atoms with Crippen molar-refractivity contribution in [2.24, 2.45) is 0 Å². The summed E-state index contributed by atoms with van der Waals surface area (Å²) in [5.74, 6) is 1.06. The number of amides is 2. The molecule has 0 bridgehead atoms. The van der Waals surface area contributed by atoms with Gasteiger partial charge in [-0.1, -0.05) is 17.2 Å². The lowest BCUT2D eigenvalue weighted by Gasteiger charge is -2.35. The predicted octanol–water partition coefficient (Wildman–Crippen LogP) is 2.92. The number of aryl methyl sites for hydroxylation is 2. The Labute approximate surface area is 165 Å². The summed E-state index contributed by atoms with van der Waals surface area (Å²) in [6.45, 7) is 6.02. The standard InChI is InChI=1S/C22H26N2O4/c1-15-11-16(2)13-18(12-15)22(26)24-9-7-23(8-10-24)21(25)17-5-6-19(27-3)20(14-17)28-4/h5-6,11-14H,7-10H2,1-4H3. The van der Waals surface area contributed by atoms with Crippen molar-refractivity contribution in [3.63, 3.8) is 0 Å². The van der Waals surface area contributed by atoms with Crippen LogP contribution in [0.15, 0.2) is 36.4 Å². The first-order valence-electron chi connectivity index (χ1n) is 9.32. The van der Waals surface area contributed by atoms with Gasteiger partial charge in [-0.15, -0.1) is 0 Å². The zero-order valence-corrected chi connectivity index (χ0v) is 16.8. The highest BCUT2D eigenvalue weighted by molar-refractivity contribution is 5.96. The van der Waals surface area contributed by atoms with Gasteiger partial charge in [-0.3, -0.25) is 9.59 Å². The molecule has 0 atom stereocenters. The Morgan fingerprint density at radius 2 is 1.21 bits per heavy atom. The molecule has 2 amide bonds. The van der Waals surface area contributed by atoms with Crippen molar-refractivity contribution in [1.82, 2.24) is 9.80 Å². The van der Waals surface area contributed by atoms with Gasteiger partial charge in [-0.2, -0.15) is 0 Å². The summed E-state index contributed by atoms with van der Waals surface area (Å²) in [4.78, 5) is 29.2. The van der Waals surface area contributed by atoms with E-state index in [0.29, 0.717) is 48.8 Å². The van der Waals surface area contributed by atoms with Gasteiger partial charge in [0, 0.05) is 37.3 Å². The maximum absolute atomic E-state index is 12.8. The van der Waals surface area contributed by atoms with Crippen molar-refractivity contribution in [2.45, 2.75) is 13.8 Å². The lowest BCUT2D eigenvalue weighted by atomic mass is 10.1. The van der Waals surface area contributed by atoms with Gasteiger partial charge in [0.05, 0.1) is 14.2 Å². The van der Waals surface area contributed by atoms with Crippen LogP contribution in [-0.4, -0.2) is 62.0 Å². The number of carbonyl (C=O) groups is 2. The van der Waals surface area contributed by atoms with E-state index in [1.165, 1.54) is 0 Å². The van der Waals surface area contributed by atoms with E-state index in [-0.39, 0.29) is 11.8 Å². The van der Waals surface area contributed by atoms with Gasteiger partial charge in [0.25, 0.3) is 11.8 Å². The number of hydrogen-bond acceptors (Lipinski definition) is 4. The highest BCUT2D eigenvalue weighted by atomic mass is 16.5. The van der Waals surface area contributed by atoms with Crippen molar-refractivity contribution in [2.75, 3.05) is 40.4 Å². The first-order chi connectivity index (χ1) is 13.4. The summed E-state index contributed by atoms with van der Waals surface area (Å²) in [5.41, 5.74) is 3.40. The number of nitrogens with zero attached hydrogens (tertiary/aromatic N) is 2. The summed E-state index contributed by atoms with van der Waals surface area (Å²) in [6.07, 6.45) is 0. The first-order valence-corrected chi connectivity index (χ1v) is 9.32. The van der Waals surface area contributed by atoms with Crippen LogP contribution in [0.1, 0.15) is 31.8 Å². The molecule has 1 heterocycles. The molecule has 1 saturated heterocycles. The Morgan fingerprint density at radius 3 is 1.71 bits per heavy atom. The molecule has 1 aliphatic rings. The van der Waals surface area contributed by atoms with E-state index in [9.17, 15) is 9.59 Å². The molecule has 0 N–H and O–H groups in total. The van der Waals surface area contributed by atoms with Gasteiger partial charge in [0.1, 0.15) is 0 Å². The molecular formula is C22H26N2O4. The normalized spacial score (nSPS) is 14.0. The summed E-state index contributed by atoms with van der Waals surface area (Å²) < 4.78 is 10.5. The lowest BCUT2D eigenvalue weighted by Crippen LogP contribution is -2.50. The van der Waals surface area contributed by atoms with Crippen LogP contribution in [0, 0.1) is 13.8 Å². The second-order valence-corrected chi connectivity index (χ2v) is 7.03. The molecule has 6 nitrogen and oxygen atoms in total. The molecule has 28 heavy (non-hydrogen) atoms. The molecule has 148 valence electrons. The molecule has 6 heteroatoms. The quantitative estimate of drug-likeness (QED) is 0.816. The minimum Gasteiger partial charge on any atom is -0.493 e. The highest BCUT2D eigenvalue weighted by Gasteiger charge is 2.26. The molecular weight excluding hydrogens is 356 g/mol. The lowest BCUT2D eigenvalue weighted by molar-refractivity contribution is 0.0535. The summed E-state index contributed by atoms with van der Waals surface area (Å²) in [5, 5.41) is 0. The third kappa shape index (κ3) is 4.11. The molecule has 2 aromatic carbocycles. The predicted molar refractivity (Wildman–Crippen MR) is 107 cm³/mol. The Balaban J connectivity index is 1.66. The molecule has 0 unspecified atom stereocenters. The van der Waals surface area contributed by atoms with Crippen LogP contribution in [0.2, 0.25) is 0 Å². The number of ether oxygens (including phenoxy) is 2. The van der Waals surface area contributed by atoms with Crippen LogP contribution >= 0.6 is 0 Å². The van der Waals surface area contributed by atoms with Crippen LogP contribution in [0.5, 0.6) is 11.5 Å². The zero-order chi connectivity index (χ0) is 20.3. The largest absolute Gasteiger partial charge is 0.493 e. The van der Waals surface area contributed by atoms with Gasteiger partial charge in [0.15, 0.2) is 11.5 Å². The summed E-state index contributed by atoms with van der Waals surface area (Å²) in [6, 6.07) is 11.0. The fourth-order valence-corrected chi connectivity index (χ4v) is 3.55. The van der Waals surface area contributed by atoms with Crippen molar-refractivity contribution >= 4 is 11.8 Å². The van der Waals surface area contributed by atoms with Crippen molar-refractivity contribution < 1.29 is 19.1 Å². The monoisotopic (exact) mass is 382 g/mol. The van der Waals surface area contributed by atoms with Crippen molar-refractivity contribution in [3.8, 4) is 11.5 Å². The second kappa shape index (κ2) is 8.33. The van der Waals surface area contributed by atoms with Gasteiger partial charge in [-0.25, -0.2) is 0 Å². The number of piperazine rings is 1. The van der Waals surface area contributed by atoms with Crippen LogP contribution in [0.3, 0.4) is 0 Å². The van der Waals surface area contributed by atoms with E-state index in [1.807, 2.05) is 30.9 Å². The Bertz CT molecular complexity index is 866. The number of hydrogen-bond donors (Lipinski definition) is 0. The van der Waals surface area contributed by atoms with Crippen LogP contribution in [0.4, 0.5) is 0 Å². The van der Waals surface area contributed by atoms with E-state index in [0.717, 1.165) is 11.1 Å². The summed E-state index contributed by atoms with van der Waals surface area (Å²) >= 11 is 0. The third-order valence-corrected chi connectivity index (χ3v) is 4.95. The topological polar surface area (TPSA) is 59.1 Å². The zero-order valence-electron chi connectivity index (χ0n) is 16.8. The second-order valence-electron chi connectivity index (χ2n) is 7.03. The Kier molecular flexibility index (Phi) is 5.87. The number of carbonyl (C=O) groups excluding carboxylic acids is 2. The van der Waals surface area contributed by atoms with Gasteiger partial charge >= 0.3 is 0 Å². The van der Waals surface area contributed by atoms with Crippen molar-refractivity contribution in [3.05, 3.63) is 58.7 Å². The van der Waals surface area contributed by atoms with Crippen LogP contribution in [-0.2, 0) is 0 Å². The molecule has 0 spiro atoms. The van der Waals surface area contributed by atoms with E-state index in [2.05, 4.69) is 6.07 Å². The molecule has 0 aliphatic carbocycles. The maximum Gasteiger partial charge on any atom is 0.254 e. The molecule has 1 fully saturated rings. The SMILES string of the molecule is COc1ccc(C(=O)N2CCN(C(=O)c3cc(C)cc(C)c3)CC2)cc1OC. The van der Waals surface area contributed by atoms with E-state index in [4.69, 9.17) is 9.47 Å². The average Bonchev–Trinajstić information content (AvgIpc) is 2.71. The fraction of sp³-hybridized carbons (Fsp3) is 0.364. The van der Waals surface area contributed by atoms with E-state index < -0.39 is 0 Å². The molecule has 1 aliphatic heterocycles. The van der Waals surface area contributed by atoms with E-state index >= 15 is 0 Å². The smallest absolute Gasteiger partial charge is 0.254 e. The van der Waals surface area contributed by atoms with Crippen LogP contribution in [0.25, 0.3) is 0 Å². The van der Waals surface area contributed by atoms with Gasteiger partial charge < -0.3 is 19.3 Å². The first kappa shape index (κ1) is 19.7. The summed E-state index contributed by atoms with van der Waals surface area (Å²) in [7, 11) is 3.11. The van der Waals surface area contributed by atoms with Crippen molar-refractivity contribution in [1.29, 1.82) is 0 Å². The average molecular weight is 382 g/mol. The fourth-order valence-electron chi connectivity index (χ4n) is 3.55. The minimum atomic E-state index is -0.0700. The molecule has 0 radical (unpaired) electrons. The Hall–Kier alpha value is -3.02. The van der Waals surface area contributed by atoms with Gasteiger partial charge in [-0.05, 0) is 44.2 Å². The Morgan fingerprint density at radius 1 is 0.714 bits per heavy atom. The van der Waals surface area contributed by atoms with Crippen LogP contribution < -0.4 is 9.47 Å². The van der Waals surface area contributed by atoms with Gasteiger partial charge in [0.2, 0.25) is 0 Å². The minimum absolute atomic E-state index is 0.0185.